The predicted octanol–water partition coefficient (Wildman–Crippen LogP) is 3.24. The maximum absolute atomic E-state index is 13.0. The molecule has 26 heavy (non-hydrogen) atoms. The molecule has 6 nitrogen and oxygen atoms in total. The highest BCUT2D eigenvalue weighted by Crippen LogP contribution is 2.34. The second-order valence-corrected chi connectivity index (χ2v) is 8.40. The summed E-state index contributed by atoms with van der Waals surface area (Å²) in [6.07, 6.45) is 7.85. The molecular formula is C19H23N3O3S. The molecule has 1 N–H and O–H groups in total. The zero-order chi connectivity index (χ0) is 18.3. The third kappa shape index (κ3) is 3.16. The molecule has 0 radical (unpaired) electrons. The first kappa shape index (κ1) is 17.3. The van der Waals surface area contributed by atoms with Crippen LogP contribution in [0.4, 0.5) is 0 Å². The Morgan fingerprint density at radius 3 is 2.73 bits per heavy atom. The number of amides is 1. The maximum Gasteiger partial charge on any atom is 0.338 e. The second-order valence-electron chi connectivity index (χ2n) is 7.44. The van der Waals surface area contributed by atoms with Crippen molar-refractivity contribution in [2.45, 2.75) is 45.1 Å². The van der Waals surface area contributed by atoms with E-state index in [2.05, 4.69) is 12.0 Å². The molecule has 1 aliphatic heterocycles. The van der Waals surface area contributed by atoms with Crippen molar-refractivity contribution in [2.24, 2.45) is 5.92 Å². The van der Waals surface area contributed by atoms with E-state index in [1.807, 2.05) is 10.3 Å². The normalized spacial score (nSPS) is 20.8. The standard InChI is InChI=1S/C19H23N3O3S/c1-12-2-3-15-16(11-26-17(15)8-12)18(23)21-6-4-14(5-7-21)22-10-13(9-20-22)19(24)25/h9-12,14H,2-8H2,1H3,(H,24,25). The van der Waals surface area contributed by atoms with Gasteiger partial charge in [0.05, 0.1) is 23.4 Å². The van der Waals surface area contributed by atoms with Gasteiger partial charge in [-0.05, 0) is 43.6 Å². The number of piperidine rings is 1. The van der Waals surface area contributed by atoms with Gasteiger partial charge < -0.3 is 10.0 Å². The Morgan fingerprint density at radius 1 is 1.27 bits per heavy atom. The van der Waals surface area contributed by atoms with Gasteiger partial charge in [0.15, 0.2) is 0 Å². The lowest BCUT2D eigenvalue weighted by atomic mass is 9.88. The fourth-order valence-electron chi connectivity index (χ4n) is 4.01. The van der Waals surface area contributed by atoms with Crippen molar-refractivity contribution in [3.05, 3.63) is 39.3 Å². The molecule has 1 fully saturated rings. The van der Waals surface area contributed by atoms with Crippen molar-refractivity contribution < 1.29 is 14.7 Å². The summed E-state index contributed by atoms with van der Waals surface area (Å²) in [5.41, 5.74) is 2.39. The summed E-state index contributed by atoms with van der Waals surface area (Å²) in [6, 6.07) is 0.157. The van der Waals surface area contributed by atoms with Gasteiger partial charge in [-0.1, -0.05) is 6.92 Å². The van der Waals surface area contributed by atoms with Gasteiger partial charge in [0.2, 0.25) is 0 Å². The van der Waals surface area contributed by atoms with Gasteiger partial charge in [0.1, 0.15) is 0 Å². The van der Waals surface area contributed by atoms with Gasteiger partial charge in [0.25, 0.3) is 5.91 Å². The fourth-order valence-corrected chi connectivity index (χ4v) is 5.25. The SMILES string of the molecule is CC1CCc2c(C(=O)N3CCC(n4cc(C(=O)O)cn4)CC3)csc2C1. The summed E-state index contributed by atoms with van der Waals surface area (Å²) in [5.74, 6) is -0.0905. The van der Waals surface area contributed by atoms with Crippen LogP contribution in [-0.4, -0.2) is 44.8 Å². The number of carbonyl (C=O) groups is 2. The van der Waals surface area contributed by atoms with E-state index < -0.39 is 5.97 Å². The smallest absolute Gasteiger partial charge is 0.338 e. The fraction of sp³-hybridized carbons (Fsp3) is 0.526. The Balaban J connectivity index is 1.42. The number of carboxylic acids is 1. The predicted molar refractivity (Wildman–Crippen MR) is 98.9 cm³/mol. The number of aromatic carboxylic acids is 1. The lowest BCUT2D eigenvalue weighted by Gasteiger charge is -2.32. The van der Waals surface area contributed by atoms with Gasteiger partial charge in [0, 0.05) is 29.5 Å². The van der Waals surface area contributed by atoms with Crippen LogP contribution in [0.2, 0.25) is 0 Å². The lowest BCUT2D eigenvalue weighted by molar-refractivity contribution is 0.0687. The first-order valence-corrected chi connectivity index (χ1v) is 10.1. The molecule has 0 bridgehead atoms. The lowest BCUT2D eigenvalue weighted by Crippen LogP contribution is -2.39. The third-order valence-corrected chi connectivity index (χ3v) is 6.66. The van der Waals surface area contributed by atoms with E-state index in [1.165, 1.54) is 16.6 Å². The number of rotatable bonds is 3. The number of carboxylic acid groups (broad SMARTS) is 1. The van der Waals surface area contributed by atoms with Crippen molar-refractivity contribution in [2.75, 3.05) is 13.1 Å². The quantitative estimate of drug-likeness (QED) is 0.896. The highest BCUT2D eigenvalue weighted by Gasteiger charge is 2.29. The number of hydrogen-bond acceptors (Lipinski definition) is 4. The molecule has 2 aromatic rings. The summed E-state index contributed by atoms with van der Waals surface area (Å²) in [7, 11) is 0. The van der Waals surface area contributed by atoms with Crippen molar-refractivity contribution in [3.8, 4) is 0 Å². The Morgan fingerprint density at radius 2 is 2.04 bits per heavy atom. The number of carbonyl (C=O) groups excluding carboxylic acids is 1. The highest BCUT2D eigenvalue weighted by molar-refractivity contribution is 7.10. The van der Waals surface area contributed by atoms with Crippen molar-refractivity contribution in [3.63, 3.8) is 0 Å². The van der Waals surface area contributed by atoms with Crippen LogP contribution in [0, 0.1) is 5.92 Å². The van der Waals surface area contributed by atoms with Crippen molar-refractivity contribution in [1.82, 2.24) is 14.7 Å². The number of nitrogens with zero attached hydrogens (tertiary/aromatic N) is 3. The topological polar surface area (TPSA) is 75.4 Å². The van der Waals surface area contributed by atoms with E-state index in [1.54, 1.807) is 22.2 Å². The summed E-state index contributed by atoms with van der Waals surface area (Å²) in [4.78, 5) is 27.3. The Kier molecular flexibility index (Phi) is 4.56. The van der Waals surface area contributed by atoms with E-state index >= 15 is 0 Å². The van der Waals surface area contributed by atoms with Crippen LogP contribution in [0.5, 0.6) is 0 Å². The molecular weight excluding hydrogens is 350 g/mol. The molecule has 1 saturated heterocycles. The molecule has 2 aromatic heterocycles. The van der Waals surface area contributed by atoms with Crippen LogP contribution in [0.3, 0.4) is 0 Å². The number of likely N-dealkylation sites (tertiary alicyclic amines) is 1. The van der Waals surface area contributed by atoms with Gasteiger partial charge in [-0.2, -0.15) is 5.10 Å². The van der Waals surface area contributed by atoms with E-state index in [-0.39, 0.29) is 17.5 Å². The van der Waals surface area contributed by atoms with Crippen molar-refractivity contribution >= 4 is 23.2 Å². The second kappa shape index (κ2) is 6.87. The van der Waals surface area contributed by atoms with Crippen LogP contribution < -0.4 is 0 Å². The zero-order valence-corrected chi connectivity index (χ0v) is 15.7. The monoisotopic (exact) mass is 373 g/mol. The van der Waals surface area contributed by atoms with E-state index in [0.717, 1.165) is 37.7 Å². The van der Waals surface area contributed by atoms with Gasteiger partial charge in [-0.3, -0.25) is 9.48 Å². The number of hydrogen-bond donors (Lipinski definition) is 1. The average molecular weight is 373 g/mol. The van der Waals surface area contributed by atoms with Crippen LogP contribution in [0.25, 0.3) is 0 Å². The average Bonchev–Trinajstić information content (AvgIpc) is 3.28. The molecule has 7 heteroatoms. The molecule has 1 amide bonds. The summed E-state index contributed by atoms with van der Waals surface area (Å²) < 4.78 is 1.74. The maximum atomic E-state index is 13.0. The minimum atomic E-state index is -0.958. The molecule has 3 heterocycles. The third-order valence-electron chi connectivity index (χ3n) is 5.61. The molecule has 4 rings (SSSR count). The van der Waals surface area contributed by atoms with Crippen LogP contribution in [0.15, 0.2) is 17.8 Å². The molecule has 2 aliphatic rings. The minimum Gasteiger partial charge on any atom is -0.478 e. The van der Waals surface area contributed by atoms with E-state index in [4.69, 9.17) is 5.11 Å². The van der Waals surface area contributed by atoms with Crippen LogP contribution >= 0.6 is 11.3 Å². The molecule has 0 saturated carbocycles. The number of thiophene rings is 1. The first-order chi connectivity index (χ1) is 12.5. The Hall–Kier alpha value is -2.15. The van der Waals surface area contributed by atoms with Gasteiger partial charge in [-0.25, -0.2) is 4.79 Å². The van der Waals surface area contributed by atoms with E-state index in [0.29, 0.717) is 19.0 Å². The molecule has 138 valence electrons. The molecule has 1 unspecified atom stereocenters. The molecule has 0 spiro atoms. The van der Waals surface area contributed by atoms with Crippen LogP contribution in [-0.2, 0) is 12.8 Å². The number of aromatic nitrogens is 2. The number of fused-ring (bicyclic) bond motifs is 1. The highest BCUT2D eigenvalue weighted by atomic mass is 32.1. The van der Waals surface area contributed by atoms with E-state index in [9.17, 15) is 9.59 Å². The first-order valence-electron chi connectivity index (χ1n) is 9.19. The van der Waals surface area contributed by atoms with Gasteiger partial charge >= 0.3 is 5.97 Å². The van der Waals surface area contributed by atoms with Crippen LogP contribution in [0.1, 0.15) is 63.4 Å². The minimum absolute atomic E-state index is 0.155. The molecule has 1 atom stereocenters. The van der Waals surface area contributed by atoms with Gasteiger partial charge in [-0.15, -0.1) is 11.3 Å². The largest absolute Gasteiger partial charge is 0.478 e. The summed E-state index contributed by atoms with van der Waals surface area (Å²) in [5, 5.41) is 15.3. The Labute approximate surface area is 156 Å². The Bertz CT molecular complexity index is 833. The summed E-state index contributed by atoms with van der Waals surface area (Å²) in [6.45, 7) is 3.65. The summed E-state index contributed by atoms with van der Waals surface area (Å²) >= 11 is 1.73. The molecule has 1 aliphatic carbocycles. The molecule has 0 aromatic carbocycles. The zero-order valence-electron chi connectivity index (χ0n) is 14.9. The van der Waals surface area contributed by atoms with Crippen molar-refractivity contribution in [1.29, 1.82) is 0 Å².